The van der Waals surface area contributed by atoms with E-state index in [1.54, 1.807) is 7.11 Å². The third-order valence-electron chi connectivity index (χ3n) is 4.42. The lowest BCUT2D eigenvalue weighted by Gasteiger charge is -2.29. The van der Waals surface area contributed by atoms with Gasteiger partial charge in [-0.05, 0) is 32.6 Å². The summed E-state index contributed by atoms with van der Waals surface area (Å²) in [6.07, 6.45) is 10.1. The molecule has 0 aliphatic heterocycles. The second-order valence-corrected chi connectivity index (χ2v) is 7.39. The van der Waals surface area contributed by atoms with Gasteiger partial charge in [0.2, 0.25) is 0 Å². The van der Waals surface area contributed by atoms with Gasteiger partial charge in [0, 0.05) is 18.5 Å². The lowest BCUT2D eigenvalue weighted by Crippen LogP contribution is -2.41. The van der Waals surface area contributed by atoms with E-state index in [0.29, 0.717) is 0 Å². The van der Waals surface area contributed by atoms with Gasteiger partial charge < -0.3 is 10.1 Å². The molecule has 4 heteroatoms. The SMILES string of the molecule is CCCCCCC(C)(NCCOC)c1nc2c(s1)CCC2. The van der Waals surface area contributed by atoms with Crippen molar-refractivity contribution in [1.29, 1.82) is 0 Å². The number of nitrogens with zero attached hydrogens (tertiary/aromatic N) is 1. The van der Waals surface area contributed by atoms with E-state index in [1.165, 1.54) is 66.9 Å². The number of nitrogens with one attached hydrogen (secondary N) is 1. The predicted octanol–water partition coefficient (Wildman–Crippen LogP) is 4.05. The Morgan fingerprint density at radius 2 is 2.14 bits per heavy atom. The van der Waals surface area contributed by atoms with Crippen LogP contribution >= 0.6 is 11.3 Å². The van der Waals surface area contributed by atoms with E-state index in [4.69, 9.17) is 9.72 Å². The lowest BCUT2D eigenvalue weighted by molar-refractivity contribution is 0.183. The number of fused-ring (bicyclic) bond motifs is 1. The summed E-state index contributed by atoms with van der Waals surface area (Å²) in [4.78, 5) is 6.48. The second-order valence-electron chi connectivity index (χ2n) is 6.30. The van der Waals surface area contributed by atoms with Crippen LogP contribution in [0.1, 0.15) is 68.0 Å². The summed E-state index contributed by atoms with van der Waals surface area (Å²) in [5.41, 5.74) is 1.38. The van der Waals surface area contributed by atoms with E-state index in [0.717, 1.165) is 13.2 Å². The molecule has 0 aromatic carbocycles. The van der Waals surface area contributed by atoms with E-state index in [2.05, 4.69) is 19.2 Å². The standard InChI is InChI=1S/C17H30N2OS/c1-4-5-6-7-11-17(2,18-12-13-20-3)16-19-14-9-8-10-15(14)21-16/h18H,4-13H2,1-3H3. The molecule has 1 N–H and O–H groups in total. The minimum absolute atomic E-state index is 0.0152. The minimum Gasteiger partial charge on any atom is -0.383 e. The third-order valence-corrected chi connectivity index (χ3v) is 5.84. The topological polar surface area (TPSA) is 34.1 Å². The number of unbranched alkanes of at least 4 members (excludes halogenated alkanes) is 3. The monoisotopic (exact) mass is 310 g/mol. The zero-order valence-corrected chi connectivity index (χ0v) is 14.7. The summed E-state index contributed by atoms with van der Waals surface area (Å²) < 4.78 is 5.20. The first-order valence-electron chi connectivity index (χ1n) is 8.42. The number of aryl methyl sites for hydroxylation is 2. The van der Waals surface area contributed by atoms with Gasteiger partial charge in [-0.1, -0.05) is 32.6 Å². The zero-order chi connectivity index (χ0) is 15.1. The van der Waals surface area contributed by atoms with E-state index < -0.39 is 0 Å². The van der Waals surface area contributed by atoms with Gasteiger partial charge in [0.25, 0.3) is 0 Å². The average molecular weight is 311 g/mol. The summed E-state index contributed by atoms with van der Waals surface area (Å²) >= 11 is 1.94. The van der Waals surface area contributed by atoms with Gasteiger partial charge >= 0.3 is 0 Å². The highest BCUT2D eigenvalue weighted by atomic mass is 32.1. The molecule has 1 atom stereocenters. The van der Waals surface area contributed by atoms with Gasteiger partial charge in [-0.2, -0.15) is 0 Å². The molecule has 0 bridgehead atoms. The van der Waals surface area contributed by atoms with Crippen molar-refractivity contribution in [3.8, 4) is 0 Å². The highest BCUT2D eigenvalue weighted by Crippen LogP contribution is 2.35. The van der Waals surface area contributed by atoms with Crippen LogP contribution in [0.2, 0.25) is 0 Å². The summed E-state index contributed by atoms with van der Waals surface area (Å²) in [6, 6.07) is 0. The quantitative estimate of drug-likeness (QED) is 0.662. The third kappa shape index (κ3) is 4.51. The molecule has 0 spiro atoms. The number of hydrogen-bond acceptors (Lipinski definition) is 4. The predicted molar refractivity (Wildman–Crippen MR) is 90.1 cm³/mol. The number of aromatic nitrogens is 1. The number of methoxy groups -OCH3 is 1. The van der Waals surface area contributed by atoms with Crippen molar-refractivity contribution in [1.82, 2.24) is 10.3 Å². The van der Waals surface area contributed by atoms with E-state index >= 15 is 0 Å². The molecule has 1 unspecified atom stereocenters. The van der Waals surface area contributed by atoms with Crippen LogP contribution in [-0.4, -0.2) is 25.2 Å². The Morgan fingerprint density at radius 3 is 2.86 bits per heavy atom. The van der Waals surface area contributed by atoms with Crippen LogP contribution in [0.5, 0.6) is 0 Å². The molecule has 0 radical (unpaired) electrons. The smallest absolute Gasteiger partial charge is 0.113 e. The highest BCUT2D eigenvalue weighted by Gasteiger charge is 2.31. The molecule has 1 aliphatic carbocycles. The fraction of sp³-hybridized carbons (Fsp3) is 0.824. The van der Waals surface area contributed by atoms with Gasteiger partial charge in [0.05, 0.1) is 17.8 Å². The zero-order valence-electron chi connectivity index (χ0n) is 13.8. The normalized spacial score (nSPS) is 16.9. The fourth-order valence-electron chi connectivity index (χ4n) is 3.03. The van der Waals surface area contributed by atoms with Gasteiger partial charge in [-0.3, -0.25) is 0 Å². The summed E-state index contributed by atoms with van der Waals surface area (Å²) in [5, 5.41) is 4.99. The van der Waals surface area contributed by atoms with Crippen molar-refractivity contribution in [3.05, 3.63) is 15.6 Å². The molecule has 1 aromatic heterocycles. The largest absolute Gasteiger partial charge is 0.383 e. The number of rotatable bonds is 10. The van der Waals surface area contributed by atoms with Gasteiger partial charge in [0.15, 0.2) is 0 Å². The highest BCUT2D eigenvalue weighted by molar-refractivity contribution is 7.12. The number of hydrogen-bond donors (Lipinski definition) is 1. The molecule has 0 saturated carbocycles. The summed E-state index contributed by atoms with van der Waals surface area (Å²) in [5.74, 6) is 0. The minimum atomic E-state index is 0.0152. The Hall–Kier alpha value is -0.450. The Balaban J connectivity index is 2.02. The van der Waals surface area contributed by atoms with Crippen molar-refractivity contribution in [2.75, 3.05) is 20.3 Å². The van der Waals surface area contributed by atoms with E-state index in [9.17, 15) is 0 Å². The maximum Gasteiger partial charge on any atom is 0.113 e. The van der Waals surface area contributed by atoms with Gasteiger partial charge in [-0.15, -0.1) is 11.3 Å². The number of ether oxygens (including phenoxy) is 1. The van der Waals surface area contributed by atoms with Crippen LogP contribution in [0, 0.1) is 0 Å². The Kier molecular flexibility index (Phi) is 6.65. The van der Waals surface area contributed by atoms with Crippen LogP contribution < -0.4 is 5.32 Å². The molecular formula is C17H30N2OS. The molecule has 1 aromatic rings. The lowest BCUT2D eigenvalue weighted by atomic mass is 9.94. The van der Waals surface area contributed by atoms with Crippen molar-refractivity contribution >= 4 is 11.3 Å². The number of thiazole rings is 1. The second kappa shape index (κ2) is 8.25. The molecule has 3 nitrogen and oxygen atoms in total. The summed E-state index contributed by atoms with van der Waals surface area (Å²) in [6.45, 7) is 6.24. The first kappa shape index (κ1) is 16.9. The first-order valence-corrected chi connectivity index (χ1v) is 9.24. The van der Waals surface area contributed by atoms with Crippen molar-refractivity contribution < 1.29 is 4.74 Å². The van der Waals surface area contributed by atoms with Crippen molar-refractivity contribution in [2.24, 2.45) is 0 Å². The van der Waals surface area contributed by atoms with Gasteiger partial charge in [0.1, 0.15) is 5.01 Å². The maximum atomic E-state index is 5.20. The Morgan fingerprint density at radius 1 is 1.29 bits per heavy atom. The molecule has 1 heterocycles. The molecule has 0 amide bonds. The maximum absolute atomic E-state index is 5.20. The van der Waals surface area contributed by atoms with Crippen LogP contribution in [0.15, 0.2) is 0 Å². The van der Waals surface area contributed by atoms with Crippen LogP contribution in [-0.2, 0) is 23.1 Å². The van der Waals surface area contributed by atoms with Crippen LogP contribution in [0.4, 0.5) is 0 Å². The van der Waals surface area contributed by atoms with Crippen LogP contribution in [0.3, 0.4) is 0 Å². The fourth-order valence-corrected chi connectivity index (χ4v) is 4.33. The van der Waals surface area contributed by atoms with Crippen molar-refractivity contribution in [2.45, 2.75) is 70.8 Å². The molecular weight excluding hydrogens is 280 g/mol. The molecule has 120 valence electrons. The van der Waals surface area contributed by atoms with Gasteiger partial charge in [-0.25, -0.2) is 4.98 Å². The molecule has 0 saturated heterocycles. The first-order chi connectivity index (χ1) is 10.2. The average Bonchev–Trinajstić information content (AvgIpc) is 3.05. The van der Waals surface area contributed by atoms with E-state index in [-0.39, 0.29) is 5.54 Å². The molecule has 0 fully saturated rings. The van der Waals surface area contributed by atoms with E-state index in [1.807, 2.05) is 11.3 Å². The molecule has 2 rings (SSSR count). The Bertz CT molecular complexity index is 411. The molecule has 1 aliphatic rings. The van der Waals surface area contributed by atoms with Crippen LogP contribution in [0.25, 0.3) is 0 Å². The Labute approximate surface area is 133 Å². The summed E-state index contributed by atoms with van der Waals surface area (Å²) in [7, 11) is 1.76. The molecule has 21 heavy (non-hydrogen) atoms. The van der Waals surface area contributed by atoms with Crippen molar-refractivity contribution in [3.63, 3.8) is 0 Å².